The Kier molecular flexibility index (Phi) is 7.05. The summed E-state index contributed by atoms with van der Waals surface area (Å²) in [5.41, 5.74) is 8.11. The number of ether oxygens (including phenoxy) is 2. The molecule has 0 radical (unpaired) electrons. The van der Waals surface area contributed by atoms with E-state index >= 15 is 0 Å². The second kappa shape index (κ2) is 10.3. The molecule has 3 aliphatic carbocycles. The average Bonchev–Trinajstić information content (AvgIpc) is 3.47. The first-order valence-corrected chi connectivity index (χ1v) is 17.5. The lowest BCUT2D eigenvalue weighted by Crippen LogP contribution is -2.64. The molecule has 2 aromatic rings. The molecule has 4 nitrogen and oxygen atoms in total. The van der Waals surface area contributed by atoms with Gasteiger partial charge in [-0.25, -0.2) is 0 Å². The summed E-state index contributed by atoms with van der Waals surface area (Å²) in [5, 5.41) is 0. The van der Waals surface area contributed by atoms with Crippen LogP contribution in [0.1, 0.15) is 111 Å². The summed E-state index contributed by atoms with van der Waals surface area (Å²) >= 11 is 0. The maximum Gasteiger partial charge on any atom is 0.316 e. The summed E-state index contributed by atoms with van der Waals surface area (Å²) in [4.78, 5) is 27.0. The minimum absolute atomic E-state index is 0.0194. The minimum Gasteiger partial charge on any atom is -0.459 e. The fourth-order valence-corrected chi connectivity index (χ4v) is 10.1. The third-order valence-corrected chi connectivity index (χ3v) is 12.8. The van der Waals surface area contributed by atoms with Crippen molar-refractivity contribution in [3.8, 4) is 11.1 Å². The van der Waals surface area contributed by atoms with Gasteiger partial charge >= 0.3 is 5.97 Å². The zero-order valence-electron chi connectivity index (χ0n) is 29.5. The van der Waals surface area contributed by atoms with E-state index in [0.717, 1.165) is 19.3 Å². The minimum atomic E-state index is -0.777. The molecule has 2 aliphatic heterocycles. The Morgan fingerprint density at radius 1 is 0.870 bits per heavy atom. The molecule has 3 fully saturated rings. The number of allylic oxidation sites excluding steroid dienone is 2. The van der Waals surface area contributed by atoms with Gasteiger partial charge in [0, 0.05) is 17.3 Å². The Hall–Kier alpha value is -2.98. The number of hydrogen-bond donors (Lipinski definition) is 0. The Bertz CT molecular complexity index is 1630. The zero-order valence-corrected chi connectivity index (χ0v) is 29.5. The van der Waals surface area contributed by atoms with E-state index in [1.54, 1.807) is 6.08 Å². The van der Waals surface area contributed by atoms with Crippen LogP contribution in [0.3, 0.4) is 0 Å². The van der Waals surface area contributed by atoms with Crippen molar-refractivity contribution >= 4 is 11.8 Å². The molecular formula is C42H52O4. The number of benzene rings is 2. The topological polar surface area (TPSA) is 52.6 Å². The fourth-order valence-electron chi connectivity index (χ4n) is 10.1. The number of carbonyl (C=O) groups is 2. The van der Waals surface area contributed by atoms with Crippen LogP contribution in [0, 0.1) is 28.6 Å². The van der Waals surface area contributed by atoms with E-state index in [0.29, 0.717) is 0 Å². The molecule has 0 aromatic heterocycles. The van der Waals surface area contributed by atoms with Gasteiger partial charge in [0.25, 0.3) is 0 Å². The van der Waals surface area contributed by atoms with Gasteiger partial charge < -0.3 is 9.47 Å². The number of rotatable bonds is 3. The highest BCUT2D eigenvalue weighted by molar-refractivity contribution is 6.00. The van der Waals surface area contributed by atoms with Crippen LogP contribution in [-0.2, 0) is 29.9 Å². The van der Waals surface area contributed by atoms with Gasteiger partial charge in [0.05, 0.1) is 17.6 Å². The number of ketones is 1. The van der Waals surface area contributed by atoms with Gasteiger partial charge in [-0.15, -0.1) is 0 Å². The van der Waals surface area contributed by atoms with E-state index in [-0.39, 0.29) is 64.6 Å². The van der Waals surface area contributed by atoms with Crippen LogP contribution in [0.15, 0.2) is 65.8 Å². The molecule has 2 aromatic carbocycles. The van der Waals surface area contributed by atoms with Gasteiger partial charge in [-0.2, -0.15) is 0 Å². The second-order valence-corrected chi connectivity index (χ2v) is 17.5. The van der Waals surface area contributed by atoms with E-state index in [2.05, 4.69) is 105 Å². The molecule has 244 valence electrons. The van der Waals surface area contributed by atoms with Crippen molar-refractivity contribution in [2.24, 2.45) is 28.6 Å². The van der Waals surface area contributed by atoms with Gasteiger partial charge in [0.15, 0.2) is 5.78 Å². The Morgan fingerprint density at radius 2 is 1.50 bits per heavy atom. The zero-order chi connectivity index (χ0) is 33.1. The Labute approximate surface area is 276 Å². The summed E-state index contributed by atoms with van der Waals surface area (Å²) in [7, 11) is 0. The molecule has 46 heavy (non-hydrogen) atoms. The maximum atomic E-state index is 13.6. The van der Waals surface area contributed by atoms with E-state index in [9.17, 15) is 9.59 Å². The summed E-state index contributed by atoms with van der Waals surface area (Å²) in [6.07, 6.45) is 5.64. The van der Waals surface area contributed by atoms with Crippen molar-refractivity contribution in [1.82, 2.24) is 0 Å². The molecule has 0 amide bonds. The van der Waals surface area contributed by atoms with Crippen molar-refractivity contribution in [3.63, 3.8) is 0 Å². The van der Waals surface area contributed by atoms with Crippen LogP contribution in [0.2, 0.25) is 0 Å². The van der Waals surface area contributed by atoms with Crippen molar-refractivity contribution in [2.45, 2.75) is 124 Å². The lowest BCUT2D eigenvalue weighted by molar-refractivity contribution is -0.202. The first-order chi connectivity index (χ1) is 21.5. The molecule has 9 atom stereocenters. The Morgan fingerprint density at radius 3 is 2.09 bits per heavy atom. The number of esters is 1. The normalized spacial score (nSPS) is 36.8. The van der Waals surface area contributed by atoms with Crippen LogP contribution in [0.4, 0.5) is 0 Å². The largest absolute Gasteiger partial charge is 0.459 e. The van der Waals surface area contributed by atoms with Gasteiger partial charge in [-0.3, -0.25) is 9.59 Å². The van der Waals surface area contributed by atoms with Crippen LogP contribution in [-0.4, -0.2) is 30.1 Å². The average molecular weight is 621 g/mol. The van der Waals surface area contributed by atoms with Gasteiger partial charge in [-0.1, -0.05) is 116 Å². The van der Waals surface area contributed by atoms with Gasteiger partial charge in [0.2, 0.25) is 0 Å². The van der Waals surface area contributed by atoms with E-state index in [4.69, 9.17) is 9.47 Å². The van der Waals surface area contributed by atoms with Crippen LogP contribution in [0.5, 0.6) is 0 Å². The molecule has 2 heterocycles. The van der Waals surface area contributed by atoms with Crippen LogP contribution in [0.25, 0.3) is 11.1 Å². The number of hydrogen-bond acceptors (Lipinski definition) is 4. The second-order valence-electron chi connectivity index (χ2n) is 17.5. The molecule has 5 aliphatic rings. The van der Waals surface area contributed by atoms with Gasteiger partial charge in [0.1, 0.15) is 6.10 Å². The molecule has 0 unspecified atom stereocenters. The van der Waals surface area contributed by atoms with Crippen molar-refractivity contribution < 1.29 is 19.1 Å². The molecule has 1 saturated carbocycles. The van der Waals surface area contributed by atoms with E-state index in [1.807, 2.05) is 13.0 Å². The highest BCUT2D eigenvalue weighted by atomic mass is 16.6. The standard InChI is InChI=1S/C42H52O4/c1-11-32-31-21-30-23(2)29(22-33(30)45-35(31)36-37-41(9,38(44)46-36)17-16-34(43)42(32,37)10)25-14-12-24(13-15-25)26-18-27(39(3,4)5)20-28(19-26)40(6,7)8/h12-20,29,31-33,35-37H,11,21-22H2,1-10H3/t29-,31+,32+,33-,35+,36+,37+,41-,42+/m1/s1. The maximum absolute atomic E-state index is 13.6. The molecule has 2 saturated heterocycles. The highest BCUT2D eigenvalue weighted by Gasteiger charge is 2.72. The highest BCUT2D eigenvalue weighted by Crippen LogP contribution is 2.65. The lowest BCUT2D eigenvalue weighted by atomic mass is 9.45. The SMILES string of the molecule is CC[C@H]1[C@@H]2CC3=C(C)[C@H](c4ccc(-c5cc(C(C)(C)C)cc(C(C)(C)C)c5)cc4)C[C@H]3O[C@@H]2[C@@H]2OC(=O)[C@]3(C)C=CC(=O)[C@@]1(C)[C@@H]23. The van der Waals surface area contributed by atoms with Gasteiger partial charge in [-0.05, 0) is 88.8 Å². The first kappa shape index (κ1) is 31.6. The summed E-state index contributed by atoms with van der Waals surface area (Å²) in [6.45, 7) is 22.3. The van der Waals surface area contributed by atoms with E-state index < -0.39 is 10.8 Å². The quantitative estimate of drug-likeness (QED) is 0.254. The molecular weight excluding hydrogens is 568 g/mol. The van der Waals surface area contributed by atoms with Crippen molar-refractivity contribution in [2.75, 3.05) is 0 Å². The number of fused-ring (bicyclic) bond motifs is 3. The molecule has 0 bridgehead atoms. The molecule has 7 rings (SSSR count). The predicted octanol–water partition coefficient (Wildman–Crippen LogP) is 9.26. The summed E-state index contributed by atoms with van der Waals surface area (Å²) in [6, 6.07) is 16.3. The molecule has 4 heteroatoms. The lowest BCUT2D eigenvalue weighted by Gasteiger charge is -2.58. The van der Waals surface area contributed by atoms with Crippen LogP contribution >= 0.6 is 0 Å². The third-order valence-electron chi connectivity index (χ3n) is 12.8. The summed E-state index contributed by atoms with van der Waals surface area (Å²) < 4.78 is 13.2. The molecule has 0 N–H and O–H groups in total. The number of carbonyl (C=O) groups excluding carboxylic acids is 2. The molecule has 0 spiro atoms. The Balaban J connectivity index is 1.20. The predicted molar refractivity (Wildman–Crippen MR) is 184 cm³/mol. The monoisotopic (exact) mass is 620 g/mol. The van der Waals surface area contributed by atoms with Crippen molar-refractivity contribution in [1.29, 1.82) is 0 Å². The van der Waals surface area contributed by atoms with E-state index in [1.165, 1.54) is 39.0 Å². The third kappa shape index (κ3) is 4.49. The summed E-state index contributed by atoms with van der Waals surface area (Å²) in [5.74, 6) is 0.313. The first-order valence-electron chi connectivity index (χ1n) is 17.5. The fraction of sp³-hybridized carbons (Fsp3) is 0.571. The smallest absolute Gasteiger partial charge is 0.316 e. The van der Waals surface area contributed by atoms with Crippen LogP contribution < -0.4 is 0 Å². The van der Waals surface area contributed by atoms with Crippen molar-refractivity contribution in [3.05, 3.63) is 82.5 Å².